The van der Waals surface area contributed by atoms with Crippen LogP contribution in [-0.2, 0) is 10.6 Å². The van der Waals surface area contributed by atoms with Gasteiger partial charge in [0.1, 0.15) is 5.82 Å². The molecule has 0 bridgehead atoms. The van der Waals surface area contributed by atoms with E-state index in [1.165, 1.54) is 6.42 Å². The fraction of sp³-hybridized carbons (Fsp3) is 0.500. The number of nitrogens with zero attached hydrogens (tertiary/aromatic N) is 2. The first kappa shape index (κ1) is 13.4. The summed E-state index contributed by atoms with van der Waals surface area (Å²) in [5, 5.41) is 0. The number of methoxy groups -OCH3 is 1. The van der Waals surface area contributed by atoms with Crippen molar-refractivity contribution >= 4 is 38.6 Å². The van der Waals surface area contributed by atoms with E-state index in [1.807, 2.05) is 6.07 Å². The maximum absolute atomic E-state index is 6.08. The molecule has 0 amide bonds. The Labute approximate surface area is 126 Å². The summed E-state index contributed by atoms with van der Waals surface area (Å²) < 4.78 is 8.93. The van der Waals surface area contributed by atoms with Crippen LogP contribution in [0.15, 0.2) is 22.7 Å². The van der Waals surface area contributed by atoms with E-state index in [4.69, 9.17) is 16.3 Å². The normalized spacial score (nSPS) is 23.3. The first-order valence-corrected chi connectivity index (χ1v) is 7.82. The van der Waals surface area contributed by atoms with Gasteiger partial charge in [-0.2, -0.15) is 0 Å². The maximum Gasteiger partial charge on any atom is 0.125 e. The molecule has 19 heavy (non-hydrogen) atoms. The Balaban J connectivity index is 2.15. The van der Waals surface area contributed by atoms with Gasteiger partial charge in [-0.15, -0.1) is 11.6 Å². The number of imidazole rings is 1. The Bertz CT molecular complexity index is 598. The van der Waals surface area contributed by atoms with Crippen LogP contribution in [0.25, 0.3) is 11.0 Å². The third-order valence-electron chi connectivity index (χ3n) is 3.90. The predicted molar refractivity (Wildman–Crippen MR) is 80.7 cm³/mol. The van der Waals surface area contributed by atoms with Crippen molar-refractivity contribution < 1.29 is 4.74 Å². The largest absolute Gasteiger partial charge is 0.379 e. The van der Waals surface area contributed by atoms with E-state index in [-0.39, 0.29) is 6.10 Å². The summed E-state index contributed by atoms with van der Waals surface area (Å²) in [6, 6.07) is 6.55. The van der Waals surface area contributed by atoms with E-state index in [2.05, 4.69) is 37.6 Å². The molecule has 0 aliphatic heterocycles. The lowest BCUT2D eigenvalue weighted by atomic mass is 10.2. The molecule has 3 rings (SSSR count). The van der Waals surface area contributed by atoms with Crippen LogP contribution >= 0.6 is 27.5 Å². The summed E-state index contributed by atoms with van der Waals surface area (Å²) in [5.41, 5.74) is 2.14. The average molecular weight is 344 g/mol. The van der Waals surface area contributed by atoms with Crippen molar-refractivity contribution in [3.05, 3.63) is 28.5 Å². The van der Waals surface area contributed by atoms with Crippen molar-refractivity contribution in [3.8, 4) is 0 Å². The monoisotopic (exact) mass is 342 g/mol. The lowest BCUT2D eigenvalue weighted by Crippen LogP contribution is -2.22. The number of aromatic nitrogens is 2. The summed E-state index contributed by atoms with van der Waals surface area (Å²) in [7, 11) is 1.79. The number of benzene rings is 1. The van der Waals surface area contributed by atoms with Gasteiger partial charge in [-0.05, 0) is 37.5 Å². The lowest BCUT2D eigenvalue weighted by Gasteiger charge is -2.22. The Morgan fingerprint density at radius 3 is 3.05 bits per heavy atom. The van der Waals surface area contributed by atoms with E-state index in [0.717, 1.165) is 34.2 Å². The highest BCUT2D eigenvalue weighted by Crippen LogP contribution is 2.36. The maximum atomic E-state index is 6.08. The Kier molecular flexibility index (Phi) is 3.83. The molecule has 2 unspecified atom stereocenters. The summed E-state index contributed by atoms with van der Waals surface area (Å²) >= 11 is 9.57. The second-order valence-electron chi connectivity index (χ2n) is 4.94. The fourth-order valence-corrected chi connectivity index (χ4v) is 3.60. The van der Waals surface area contributed by atoms with Gasteiger partial charge < -0.3 is 9.30 Å². The number of rotatable bonds is 3. The number of hydrogen-bond donors (Lipinski definition) is 0. The number of hydrogen-bond acceptors (Lipinski definition) is 2. The molecule has 102 valence electrons. The molecule has 1 aliphatic carbocycles. The first-order chi connectivity index (χ1) is 9.24. The van der Waals surface area contributed by atoms with Gasteiger partial charge in [0.2, 0.25) is 0 Å². The van der Waals surface area contributed by atoms with E-state index in [1.54, 1.807) is 7.11 Å². The van der Waals surface area contributed by atoms with Crippen LogP contribution in [0.5, 0.6) is 0 Å². The molecule has 1 aliphatic rings. The third-order valence-corrected chi connectivity index (χ3v) is 4.63. The van der Waals surface area contributed by atoms with Crippen LogP contribution in [-0.4, -0.2) is 22.8 Å². The summed E-state index contributed by atoms with van der Waals surface area (Å²) in [6.07, 6.45) is 3.70. The standard InChI is InChI=1S/C14H16BrClN2O/c1-19-13-4-2-3-12(13)18-11-6-5-9(15)7-10(11)17-14(18)8-16/h5-7,12-13H,2-4,8H2,1H3. The van der Waals surface area contributed by atoms with Crippen LogP contribution < -0.4 is 0 Å². The number of halogens is 2. The zero-order valence-electron chi connectivity index (χ0n) is 10.8. The van der Waals surface area contributed by atoms with Gasteiger partial charge in [0.25, 0.3) is 0 Å². The molecule has 3 nitrogen and oxygen atoms in total. The minimum Gasteiger partial charge on any atom is -0.379 e. The molecule has 1 heterocycles. The van der Waals surface area contributed by atoms with Crippen molar-refractivity contribution in [2.45, 2.75) is 37.3 Å². The van der Waals surface area contributed by atoms with E-state index < -0.39 is 0 Å². The molecular formula is C14H16BrClN2O. The fourth-order valence-electron chi connectivity index (χ4n) is 3.06. The number of alkyl halides is 1. The van der Waals surface area contributed by atoms with E-state index in [9.17, 15) is 0 Å². The minimum atomic E-state index is 0.267. The number of fused-ring (bicyclic) bond motifs is 1. The summed E-state index contributed by atoms with van der Waals surface area (Å²) in [4.78, 5) is 4.65. The smallest absolute Gasteiger partial charge is 0.125 e. The molecule has 5 heteroatoms. The van der Waals surface area contributed by atoms with E-state index >= 15 is 0 Å². The minimum absolute atomic E-state index is 0.267. The lowest BCUT2D eigenvalue weighted by molar-refractivity contribution is 0.0755. The van der Waals surface area contributed by atoms with Gasteiger partial charge in [-0.3, -0.25) is 0 Å². The van der Waals surface area contributed by atoms with E-state index in [0.29, 0.717) is 11.9 Å². The molecule has 1 fully saturated rings. The number of ether oxygens (including phenoxy) is 1. The van der Waals surface area contributed by atoms with Gasteiger partial charge in [0.05, 0.1) is 29.1 Å². The molecule has 1 aromatic heterocycles. The predicted octanol–water partition coefficient (Wildman–Crippen LogP) is 4.28. The highest BCUT2D eigenvalue weighted by molar-refractivity contribution is 9.10. The van der Waals surface area contributed by atoms with Crippen LogP contribution in [0, 0.1) is 0 Å². The Morgan fingerprint density at radius 1 is 1.47 bits per heavy atom. The molecule has 0 N–H and O–H groups in total. The van der Waals surface area contributed by atoms with Crippen LogP contribution in [0.2, 0.25) is 0 Å². The Morgan fingerprint density at radius 2 is 2.32 bits per heavy atom. The van der Waals surface area contributed by atoms with Crippen molar-refractivity contribution in [1.82, 2.24) is 9.55 Å². The second-order valence-corrected chi connectivity index (χ2v) is 6.12. The molecule has 1 saturated carbocycles. The quantitative estimate of drug-likeness (QED) is 0.778. The topological polar surface area (TPSA) is 27.1 Å². The SMILES string of the molecule is COC1CCCC1n1c(CCl)nc2cc(Br)ccc21. The van der Waals surface area contributed by atoms with Crippen molar-refractivity contribution in [3.63, 3.8) is 0 Å². The molecule has 0 radical (unpaired) electrons. The zero-order valence-corrected chi connectivity index (χ0v) is 13.1. The van der Waals surface area contributed by atoms with Crippen LogP contribution in [0.4, 0.5) is 0 Å². The molecular weight excluding hydrogens is 328 g/mol. The van der Waals surface area contributed by atoms with Gasteiger partial charge >= 0.3 is 0 Å². The average Bonchev–Trinajstić information content (AvgIpc) is 3.00. The van der Waals surface area contributed by atoms with Crippen LogP contribution in [0.3, 0.4) is 0 Å². The first-order valence-electron chi connectivity index (χ1n) is 6.49. The van der Waals surface area contributed by atoms with Crippen molar-refractivity contribution in [1.29, 1.82) is 0 Å². The summed E-state index contributed by atoms with van der Waals surface area (Å²) in [6.45, 7) is 0. The van der Waals surface area contributed by atoms with Crippen molar-refractivity contribution in [2.24, 2.45) is 0 Å². The molecule has 0 saturated heterocycles. The molecule has 2 atom stereocenters. The third kappa shape index (κ3) is 2.30. The van der Waals surface area contributed by atoms with Gasteiger partial charge in [0.15, 0.2) is 0 Å². The van der Waals surface area contributed by atoms with Crippen LogP contribution in [0.1, 0.15) is 31.1 Å². The van der Waals surface area contributed by atoms with Gasteiger partial charge in [-0.25, -0.2) is 4.98 Å². The molecule has 2 aromatic rings. The summed E-state index contributed by atoms with van der Waals surface area (Å²) in [5.74, 6) is 1.36. The Hall–Kier alpha value is -0.580. The highest BCUT2D eigenvalue weighted by atomic mass is 79.9. The molecule has 0 spiro atoms. The zero-order chi connectivity index (χ0) is 13.4. The van der Waals surface area contributed by atoms with Gasteiger partial charge in [0, 0.05) is 11.6 Å². The van der Waals surface area contributed by atoms with Gasteiger partial charge in [-0.1, -0.05) is 15.9 Å². The van der Waals surface area contributed by atoms with Crippen molar-refractivity contribution in [2.75, 3.05) is 7.11 Å². The second kappa shape index (κ2) is 5.43. The highest BCUT2D eigenvalue weighted by Gasteiger charge is 2.31. The molecule has 1 aromatic carbocycles.